The number of rotatable bonds is 5. The van der Waals surface area contributed by atoms with Gasteiger partial charge in [0.15, 0.2) is 0 Å². The summed E-state index contributed by atoms with van der Waals surface area (Å²) >= 11 is 0. The molecule has 0 spiro atoms. The normalized spacial score (nSPS) is 12.8. The summed E-state index contributed by atoms with van der Waals surface area (Å²) in [5.74, 6) is 0. The Hall–Kier alpha value is -2.94. The molecule has 0 fully saturated rings. The van der Waals surface area contributed by atoms with Gasteiger partial charge in [-0.3, -0.25) is 0 Å². The van der Waals surface area contributed by atoms with Gasteiger partial charge in [-0.15, -0.1) is 0 Å². The monoisotopic (exact) mass is 353 g/mol. The minimum atomic E-state index is -1.26. The van der Waals surface area contributed by atoms with E-state index in [1.807, 2.05) is 72.8 Å². The van der Waals surface area contributed by atoms with E-state index in [-0.39, 0.29) is 0 Å². The molecule has 3 N–H and O–H groups in total. The summed E-state index contributed by atoms with van der Waals surface area (Å²) in [5.41, 5.74) is 8.19. The predicted octanol–water partition coefficient (Wildman–Crippen LogP) is 4.65. The Balaban J connectivity index is 1.79. The van der Waals surface area contributed by atoms with Crippen LogP contribution in [-0.2, 0) is 12.0 Å². The van der Waals surface area contributed by atoms with Gasteiger partial charge in [-0.25, -0.2) is 0 Å². The van der Waals surface area contributed by atoms with E-state index in [9.17, 15) is 5.11 Å². The molecular formula is C25H23NO. The van der Waals surface area contributed by atoms with Crippen molar-refractivity contribution in [3.05, 3.63) is 120 Å². The van der Waals surface area contributed by atoms with Gasteiger partial charge >= 0.3 is 0 Å². The van der Waals surface area contributed by atoms with Crippen LogP contribution in [0.25, 0.3) is 10.8 Å². The lowest BCUT2D eigenvalue weighted by molar-refractivity contribution is 0.0518. The summed E-state index contributed by atoms with van der Waals surface area (Å²) in [6.07, 6.45) is 0.571. The second kappa shape index (κ2) is 7.36. The van der Waals surface area contributed by atoms with Crippen LogP contribution in [0.4, 0.5) is 0 Å². The molecule has 0 aliphatic rings. The Morgan fingerprint density at radius 2 is 1.19 bits per heavy atom. The van der Waals surface area contributed by atoms with Crippen LogP contribution in [0.3, 0.4) is 0 Å². The van der Waals surface area contributed by atoms with Crippen molar-refractivity contribution in [2.75, 3.05) is 0 Å². The fraction of sp³-hybridized carbons (Fsp3) is 0.120. The molecule has 0 aliphatic carbocycles. The highest BCUT2D eigenvalue weighted by Gasteiger charge is 2.38. The molecule has 0 aromatic heterocycles. The first-order chi connectivity index (χ1) is 13.2. The smallest absolute Gasteiger partial charge is 0.130 e. The molecule has 0 heterocycles. The maximum Gasteiger partial charge on any atom is 0.130 e. The zero-order chi connectivity index (χ0) is 18.7. The van der Waals surface area contributed by atoms with Crippen LogP contribution in [-0.4, -0.2) is 11.1 Å². The van der Waals surface area contributed by atoms with E-state index in [4.69, 9.17) is 5.73 Å². The van der Waals surface area contributed by atoms with Crippen molar-refractivity contribution in [1.29, 1.82) is 0 Å². The number of nitrogens with two attached hydrogens (primary N) is 1. The molecule has 27 heavy (non-hydrogen) atoms. The predicted molar refractivity (Wildman–Crippen MR) is 112 cm³/mol. The van der Waals surface area contributed by atoms with Crippen molar-refractivity contribution < 1.29 is 5.11 Å². The zero-order valence-corrected chi connectivity index (χ0v) is 15.1. The van der Waals surface area contributed by atoms with Gasteiger partial charge in [0.1, 0.15) is 5.60 Å². The molecule has 0 saturated heterocycles. The van der Waals surface area contributed by atoms with Gasteiger partial charge in [-0.05, 0) is 33.9 Å². The molecule has 134 valence electrons. The van der Waals surface area contributed by atoms with Crippen molar-refractivity contribution >= 4 is 10.8 Å². The summed E-state index contributed by atoms with van der Waals surface area (Å²) in [7, 11) is 0. The first-order valence-corrected chi connectivity index (χ1v) is 9.25. The van der Waals surface area contributed by atoms with Crippen molar-refractivity contribution in [2.24, 2.45) is 5.73 Å². The molecule has 1 atom stereocenters. The standard InChI is InChI=1S/C25H23NO/c26-24(18-20-12-9-11-19-10-7-8-17-23(19)20)25(27,21-13-3-1-4-14-21)22-15-5-2-6-16-22/h1-17,24,27H,18,26H2. The third kappa shape index (κ3) is 3.25. The molecule has 1 unspecified atom stereocenters. The fourth-order valence-corrected chi connectivity index (χ4v) is 3.83. The molecule has 0 saturated carbocycles. The fourth-order valence-electron chi connectivity index (χ4n) is 3.83. The van der Waals surface area contributed by atoms with Crippen LogP contribution in [0.15, 0.2) is 103 Å². The molecule has 0 amide bonds. The van der Waals surface area contributed by atoms with Crippen molar-refractivity contribution in [3.8, 4) is 0 Å². The Morgan fingerprint density at radius 1 is 0.667 bits per heavy atom. The highest BCUT2D eigenvalue weighted by atomic mass is 16.3. The van der Waals surface area contributed by atoms with Gasteiger partial charge < -0.3 is 10.8 Å². The SMILES string of the molecule is NC(Cc1cccc2ccccc12)C(O)(c1ccccc1)c1ccccc1. The van der Waals surface area contributed by atoms with Crippen LogP contribution in [0.2, 0.25) is 0 Å². The first kappa shape index (κ1) is 17.5. The van der Waals surface area contributed by atoms with Crippen molar-refractivity contribution in [3.63, 3.8) is 0 Å². The van der Waals surface area contributed by atoms with Crippen LogP contribution >= 0.6 is 0 Å². The Morgan fingerprint density at radius 3 is 1.81 bits per heavy atom. The van der Waals surface area contributed by atoms with Gasteiger partial charge in [-0.1, -0.05) is 103 Å². The minimum Gasteiger partial charge on any atom is -0.379 e. The van der Waals surface area contributed by atoms with Crippen molar-refractivity contribution in [2.45, 2.75) is 18.1 Å². The van der Waals surface area contributed by atoms with Gasteiger partial charge in [-0.2, -0.15) is 0 Å². The average molecular weight is 353 g/mol. The molecule has 4 rings (SSSR count). The van der Waals surface area contributed by atoms with Gasteiger partial charge in [0, 0.05) is 6.04 Å². The molecule has 0 aliphatic heterocycles. The molecule has 2 heteroatoms. The van der Waals surface area contributed by atoms with Crippen LogP contribution in [0, 0.1) is 0 Å². The lowest BCUT2D eigenvalue weighted by atomic mass is 9.78. The third-order valence-electron chi connectivity index (χ3n) is 5.28. The second-order valence-corrected chi connectivity index (χ2v) is 6.95. The summed E-state index contributed by atoms with van der Waals surface area (Å²) in [5, 5.41) is 14.2. The molecule has 4 aromatic rings. The topological polar surface area (TPSA) is 46.2 Å². The van der Waals surface area contributed by atoms with Crippen LogP contribution in [0.5, 0.6) is 0 Å². The van der Waals surface area contributed by atoms with E-state index in [0.717, 1.165) is 16.7 Å². The van der Waals surface area contributed by atoms with Crippen LogP contribution in [0.1, 0.15) is 16.7 Å². The quantitative estimate of drug-likeness (QED) is 0.549. The van der Waals surface area contributed by atoms with E-state index < -0.39 is 11.6 Å². The Bertz CT molecular complexity index is 983. The van der Waals surface area contributed by atoms with E-state index in [2.05, 4.69) is 30.3 Å². The third-order valence-corrected chi connectivity index (χ3v) is 5.28. The van der Waals surface area contributed by atoms with E-state index in [1.54, 1.807) is 0 Å². The number of hydrogen-bond acceptors (Lipinski definition) is 2. The maximum atomic E-state index is 11.8. The maximum absolute atomic E-state index is 11.8. The van der Waals surface area contributed by atoms with Crippen molar-refractivity contribution in [1.82, 2.24) is 0 Å². The van der Waals surface area contributed by atoms with Gasteiger partial charge in [0.2, 0.25) is 0 Å². The minimum absolute atomic E-state index is 0.492. The molecule has 2 nitrogen and oxygen atoms in total. The number of fused-ring (bicyclic) bond motifs is 1. The van der Waals surface area contributed by atoms with E-state index in [1.165, 1.54) is 10.8 Å². The molecule has 4 aromatic carbocycles. The summed E-state index contributed by atoms with van der Waals surface area (Å²) in [6.45, 7) is 0. The highest BCUT2D eigenvalue weighted by Crippen LogP contribution is 2.34. The zero-order valence-electron chi connectivity index (χ0n) is 15.1. The lowest BCUT2D eigenvalue weighted by Crippen LogP contribution is -2.47. The number of hydrogen-bond donors (Lipinski definition) is 2. The average Bonchev–Trinajstić information content (AvgIpc) is 2.74. The lowest BCUT2D eigenvalue weighted by Gasteiger charge is -2.35. The Labute approximate surface area is 159 Å². The summed E-state index contributed by atoms with van der Waals surface area (Å²) < 4.78 is 0. The summed E-state index contributed by atoms with van der Waals surface area (Å²) in [4.78, 5) is 0. The molecule has 0 bridgehead atoms. The van der Waals surface area contributed by atoms with Gasteiger partial charge in [0.05, 0.1) is 0 Å². The largest absolute Gasteiger partial charge is 0.379 e. The Kier molecular flexibility index (Phi) is 4.76. The second-order valence-electron chi connectivity index (χ2n) is 6.95. The summed E-state index contributed by atoms with van der Waals surface area (Å²) in [6, 6.07) is 33.5. The van der Waals surface area contributed by atoms with Crippen LogP contribution < -0.4 is 5.73 Å². The van der Waals surface area contributed by atoms with E-state index >= 15 is 0 Å². The molecular weight excluding hydrogens is 330 g/mol. The first-order valence-electron chi connectivity index (χ1n) is 9.25. The number of aliphatic hydroxyl groups is 1. The van der Waals surface area contributed by atoms with E-state index in [0.29, 0.717) is 6.42 Å². The highest BCUT2D eigenvalue weighted by molar-refractivity contribution is 5.85. The van der Waals surface area contributed by atoms with Gasteiger partial charge in [0.25, 0.3) is 0 Å². The number of benzene rings is 4. The molecule has 0 radical (unpaired) electrons.